The van der Waals surface area contributed by atoms with Crippen LogP contribution < -0.4 is 0 Å². The third-order valence-corrected chi connectivity index (χ3v) is 2.67. The normalized spacial score (nSPS) is 10.8. The average molecular weight is 220 g/mol. The molecule has 0 atom stereocenters. The maximum Gasteiger partial charge on any atom is 0.123 e. The Kier molecular flexibility index (Phi) is 2.75. The average Bonchev–Trinajstić information content (AvgIpc) is 2.60. The van der Waals surface area contributed by atoms with E-state index in [9.17, 15) is 4.39 Å². The fourth-order valence-corrected chi connectivity index (χ4v) is 1.70. The summed E-state index contributed by atoms with van der Waals surface area (Å²) < 4.78 is 14.7. The van der Waals surface area contributed by atoms with Gasteiger partial charge in [-0.15, -0.1) is 0 Å². The molecule has 0 saturated carbocycles. The Balaban J connectivity index is 2.54. The van der Waals surface area contributed by atoms with Crippen molar-refractivity contribution in [3.8, 4) is 5.69 Å². The minimum absolute atomic E-state index is 0.0356. The number of aliphatic hydroxyl groups is 1. The van der Waals surface area contributed by atoms with Crippen molar-refractivity contribution in [1.29, 1.82) is 0 Å². The van der Waals surface area contributed by atoms with Crippen LogP contribution in [0.25, 0.3) is 5.69 Å². The van der Waals surface area contributed by atoms with Gasteiger partial charge in [0.05, 0.1) is 18.5 Å². The Morgan fingerprint density at radius 2 is 2.12 bits per heavy atom. The number of aliphatic hydroxyl groups excluding tert-OH is 1. The van der Waals surface area contributed by atoms with Gasteiger partial charge in [-0.3, -0.25) is 0 Å². The zero-order valence-electron chi connectivity index (χ0n) is 9.24. The molecule has 0 amide bonds. The maximum atomic E-state index is 13.0. The van der Waals surface area contributed by atoms with Gasteiger partial charge in [0.25, 0.3) is 0 Å². The van der Waals surface area contributed by atoms with Crippen molar-refractivity contribution in [2.45, 2.75) is 20.5 Å². The molecule has 0 fully saturated rings. The second kappa shape index (κ2) is 4.06. The van der Waals surface area contributed by atoms with E-state index in [0.29, 0.717) is 0 Å². The fourth-order valence-electron chi connectivity index (χ4n) is 1.70. The Morgan fingerprint density at radius 1 is 1.38 bits per heavy atom. The first kappa shape index (κ1) is 10.8. The van der Waals surface area contributed by atoms with Crippen molar-refractivity contribution in [3.05, 3.63) is 47.0 Å². The van der Waals surface area contributed by atoms with Crippen LogP contribution in [0.2, 0.25) is 0 Å². The molecule has 0 aliphatic heterocycles. The van der Waals surface area contributed by atoms with Crippen molar-refractivity contribution in [2.75, 3.05) is 0 Å². The Labute approximate surface area is 93.2 Å². The van der Waals surface area contributed by atoms with E-state index in [2.05, 4.69) is 5.10 Å². The highest BCUT2D eigenvalue weighted by atomic mass is 19.1. The van der Waals surface area contributed by atoms with Crippen molar-refractivity contribution in [3.63, 3.8) is 0 Å². The van der Waals surface area contributed by atoms with E-state index < -0.39 is 0 Å². The first-order chi connectivity index (χ1) is 7.63. The van der Waals surface area contributed by atoms with Crippen LogP contribution in [0, 0.1) is 19.7 Å². The Bertz CT molecular complexity index is 520. The highest BCUT2D eigenvalue weighted by Gasteiger charge is 2.09. The molecular formula is C12H13FN2O. The fraction of sp³-hybridized carbons (Fsp3) is 0.250. The summed E-state index contributed by atoms with van der Waals surface area (Å²) >= 11 is 0. The molecule has 0 aliphatic carbocycles. The van der Waals surface area contributed by atoms with Gasteiger partial charge in [0.2, 0.25) is 0 Å². The number of halogens is 1. The molecule has 2 aromatic rings. The predicted octanol–water partition coefficient (Wildman–Crippen LogP) is 2.12. The van der Waals surface area contributed by atoms with Crippen LogP contribution in [0.1, 0.15) is 16.8 Å². The van der Waals surface area contributed by atoms with E-state index in [-0.39, 0.29) is 12.4 Å². The second-order valence-corrected chi connectivity index (χ2v) is 3.76. The molecule has 0 radical (unpaired) electrons. The van der Waals surface area contributed by atoms with Gasteiger partial charge in [-0.2, -0.15) is 5.10 Å². The molecule has 16 heavy (non-hydrogen) atoms. The summed E-state index contributed by atoms with van der Waals surface area (Å²) in [6.07, 6.45) is 1.62. The molecule has 0 aliphatic rings. The van der Waals surface area contributed by atoms with E-state index in [1.807, 2.05) is 13.8 Å². The first-order valence-corrected chi connectivity index (χ1v) is 5.04. The van der Waals surface area contributed by atoms with Gasteiger partial charge in [-0.05, 0) is 37.6 Å². The zero-order valence-corrected chi connectivity index (χ0v) is 9.24. The Morgan fingerprint density at radius 3 is 2.69 bits per heavy atom. The van der Waals surface area contributed by atoms with E-state index in [1.165, 1.54) is 12.1 Å². The number of benzene rings is 1. The van der Waals surface area contributed by atoms with E-state index in [0.717, 1.165) is 22.5 Å². The molecule has 1 aromatic heterocycles. The lowest BCUT2D eigenvalue weighted by atomic mass is 10.2. The number of rotatable bonds is 2. The second-order valence-electron chi connectivity index (χ2n) is 3.76. The van der Waals surface area contributed by atoms with Crippen molar-refractivity contribution < 1.29 is 9.50 Å². The third-order valence-electron chi connectivity index (χ3n) is 2.67. The van der Waals surface area contributed by atoms with Gasteiger partial charge in [0.1, 0.15) is 5.82 Å². The van der Waals surface area contributed by atoms with Crippen LogP contribution in [0.5, 0.6) is 0 Å². The summed E-state index contributed by atoms with van der Waals surface area (Å²) in [4.78, 5) is 0. The summed E-state index contributed by atoms with van der Waals surface area (Å²) in [5.74, 6) is -0.256. The van der Waals surface area contributed by atoms with Crippen LogP contribution in [0.3, 0.4) is 0 Å². The summed E-state index contributed by atoms with van der Waals surface area (Å²) in [5, 5.41) is 13.3. The summed E-state index contributed by atoms with van der Waals surface area (Å²) in [6.45, 7) is 3.67. The molecule has 3 nitrogen and oxygen atoms in total. The van der Waals surface area contributed by atoms with Gasteiger partial charge < -0.3 is 5.11 Å². The molecule has 1 N–H and O–H groups in total. The molecule has 0 spiro atoms. The van der Waals surface area contributed by atoms with Crippen molar-refractivity contribution >= 4 is 0 Å². The van der Waals surface area contributed by atoms with Gasteiger partial charge >= 0.3 is 0 Å². The SMILES string of the molecule is Cc1cc(F)ccc1-n1ncc(CO)c1C. The summed E-state index contributed by atoms with van der Waals surface area (Å²) in [7, 11) is 0. The standard InChI is InChI=1S/C12H13FN2O/c1-8-5-11(13)3-4-12(8)15-9(2)10(7-16)6-14-15/h3-6,16H,7H2,1-2H3. The predicted molar refractivity (Wildman–Crippen MR) is 58.9 cm³/mol. The lowest BCUT2D eigenvalue weighted by molar-refractivity contribution is 0.281. The van der Waals surface area contributed by atoms with Crippen LogP contribution in [-0.2, 0) is 6.61 Å². The monoisotopic (exact) mass is 220 g/mol. The zero-order chi connectivity index (χ0) is 11.7. The Hall–Kier alpha value is -1.68. The first-order valence-electron chi connectivity index (χ1n) is 5.04. The van der Waals surface area contributed by atoms with E-state index in [4.69, 9.17) is 5.11 Å². The van der Waals surface area contributed by atoms with Crippen LogP contribution >= 0.6 is 0 Å². The van der Waals surface area contributed by atoms with Gasteiger partial charge in [-0.25, -0.2) is 9.07 Å². The number of aromatic nitrogens is 2. The minimum Gasteiger partial charge on any atom is -0.392 e. The van der Waals surface area contributed by atoms with Gasteiger partial charge in [0, 0.05) is 11.3 Å². The van der Waals surface area contributed by atoms with E-state index >= 15 is 0 Å². The van der Waals surface area contributed by atoms with Crippen LogP contribution in [0.15, 0.2) is 24.4 Å². The number of hydrogen-bond acceptors (Lipinski definition) is 2. The van der Waals surface area contributed by atoms with E-state index in [1.54, 1.807) is 16.9 Å². The molecule has 4 heteroatoms. The van der Waals surface area contributed by atoms with Crippen LogP contribution in [0.4, 0.5) is 4.39 Å². The summed E-state index contributed by atoms with van der Waals surface area (Å²) in [5.41, 5.74) is 3.30. The van der Waals surface area contributed by atoms with Gasteiger partial charge in [-0.1, -0.05) is 0 Å². The smallest absolute Gasteiger partial charge is 0.123 e. The molecule has 1 heterocycles. The molecule has 0 bridgehead atoms. The van der Waals surface area contributed by atoms with Crippen LogP contribution in [-0.4, -0.2) is 14.9 Å². The largest absolute Gasteiger partial charge is 0.392 e. The molecule has 0 unspecified atom stereocenters. The molecule has 2 rings (SSSR count). The number of aryl methyl sites for hydroxylation is 1. The third kappa shape index (κ3) is 1.72. The topological polar surface area (TPSA) is 38.0 Å². The highest BCUT2D eigenvalue weighted by Crippen LogP contribution is 2.18. The van der Waals surface area contributed by atoms with Crippen molar-refractivity contribution in [1.82, 2.24) is 9.78 Å². The minimum atomic E-state index is -0.256. The molecular weight excluding hydrogens is 207 g/mol. The number of nitrogens with zero attached hydrogens (tertiary/aromatic N) is 2. The quantitative estimate of drug-likeness (QED) is 0.841. The molecule has 84 valence electrons. The van der Waals surface area contributed by atoms with Crippen molar-refractivity contribution in [2.24, 2.45) is 0 Å². The lowest BCUT2D eigenvalue weighted by Crippen LogP contribution is -2.02. The highest BCUT2D eigenvalue weighted by molar-refractivity contribution is 5.41. The lowest BCUT2D eigenvalue weighted by Gasteiger charge is -2.08. The maximum absolute atomic E-state index is 13.0. The summed E-state index contributed by atoms with van der Waals surface area (Å²) in [6, 6.07) is 4.56. The molecule has 0 saturated heterocycles. The number of hydrogen-bond donors (Lipinski definition) is 1. The van der Waals surface area contributed by atoms with Gasteiger partial charge in [0.15, 0.2) is 0 Å². The molecule has 1 aromatic carbocycles.